The molecule has 0 radical (unpaired) electrons. The minimum atomic E-state index is -0.0682. The molecule has 3 nitrogen and oxygen atoms in total. The van der Waals surface area contributed by atoms with Crippen LogP contribution in [0, 0.1) is 11.8 Å². The van der Waals surface area contributed by atoms with E-state index < -0.39 is 0 Å². The number of hydrogen-bond donors (Lipinski definition) is 1. The molecular weight excluding hydrogens is 295 g/mol. The number of para-hydroxylation sites is 1. The van der Waals surface area contributed by atoms with Gasteiger partial charge >= 0.3 is 0 Å². The van der Waals surface area contributed by atoms with E-state index in [1.165, 1.54) is 6.42 Å². The molecule has 2 rings (SSSR count). The zero-order chi connectivity index (χ0) is 14.7. The van der Waals surface area contributed by atoms with E-state index in [0.29, 0.717) is 34.1 Å². The lowest BCUT2D eigenvalue weighted by molar-refractivity contribution is -0.117. The molecule has 0 aliphatic carbocycles. The van der Waals surface area contributed by atoms with E-state index >= 15 is 0 Å². The van der Waals surface area contributed by atoms with Gasteiger partial charge in [0.2, 0.25) is 5.91 Å². The molecule has 20 heavy (non-hydrogen) atoms. The van der Waals surface area contributed by atoms with Crippen molar-refractivity contribution in [3.05, 3.63) is 28.2 Å². The van der Waals surface area contributed by atoms with E-state index in [1.807, 2.05) is 0 Å². The highest BCUT2D eigenvalue weighted by atomic mass is 35.5. The van der Waals surface area contributed by atoms with Gasteiger partial charge in [-0.2, -0.15) is 0 Å². The van der Waals surface area contributed by atoms with E-state index in [1.54, 1.807) is 18.2 Å². The van der Waals surface area contributed by atoms with Crippen molar-refractivity contribution in [2.45, 2.75) is 20.3 Å². The number of nitrogens with zero attached hydrogens (tertiary/aromatic N) is 1. The molecule has 1 aromatic rings. The SMILES string of the molecule is C[C@@H]1C[C@@H](C)CN(CC(=O)Nc2c(Cl)cccc2Cl)C1. The Bertz CT molecular complexity index is 463. The fraction of sp³-hybridized carbons (Fsp3) is 0.533. The summed E-state index contributed by atoms with van der Waals surface area (Å²) < 4.78 is 0. The highest BCUT2D eigenvalue weighted by Gasteiger charge is 2.23. The highest BCUT2D eigenvalue weighted by molar-refractivity contribution is 6.39. The molecule has 1 aliphatic heterocycles. The molecule has 0 bridgehead atoms. The van der Waals surface area contributed by atoms with Crippen molar-refractivity contribution in [3.8, 4) is 0 Å². The number of halogens is 2. The second-order valence-corrected chi connectivity index (χ2v) is 6.60. The lowest BCUT2D eigenvalue weighted by Gasteiger charge is -2.34. The summed E-state index contributed by atoms with van der Waals surface area (Å²) in [7, 11) is 0. The molecule has 0 spiro atoms. The summed E-state index contributed by atoms with van der Waals surface area (Å²) in [5, 5.41) is 3.74. The van der Waals surface area contributed by atoms with Crippen LogP contribution in [0.25, 0.3) is 0 Å². The van der Waals surface area contributed by atoms with Crippen LogP contribution in [-0.2, 0) is 4.79 Å². The van der Waals surface area contributed by atoms with Crippen molar-refractivity contribution in [2.75, 3.05) is 25.0 Å². The number of amides is 1. The van der Waals surface area contributed by atoms with Crippen LogP contribution in [0.5, 0.6) is 0 Å². The van der Waals surface area contributed by atoms with Crippen LogP contribution in [-0.4, -0.2) is 30.4 Å². The van der Waals surface area contributed by atoms with Crippen molar-refractivity contribution >= 4 is 34.8 Å². The van der Waals surface area contributed by atoms with Crippen molar-refractivity contribution < 1.29 is 4.79 Å². The number of benzene rings is 1. The number of carbonyl (C=O) groups is 1. The molecule has 1 aromatic carbocycles. The maximum Gasteiger partial charge on any atom is 0.238 e. The van der Waals surface area contributed by atoms with Crippen molar-refractivity contribution in [1.29, 1.82) is 0 Å². The molecule has 2 atom stereocenters. The van der Waals surface area contributed by atoms with Gasteiger partial charge in [0.15, 0.2) is 0 Å². The molecule has 1 fully saturated rings. The van der Waals surface area contributed by atoms with Gasteiger partial charge in [0.25, 0.3) is 0 Å². The summed E-state index contributed by atoms with van der Waals surface area (Å²) in [6.45, 7) is 6.77. The van der Waals surface area contributed by atoms with Gasteiger partial charge in [-0.25, -0.2) is 0 Å². The van der Waals surface area contributed by atoms with Gasteiger partial charge in [-0.1, -0.05) is 43.1 Å². The first kappa shape index (κ1) is 15.6. The van der Waals surface area contributed by atoms with E-state index in [4.69, 9.17) is 23.2 Å². The van der Waals surface area contributed by atoms with Crippen LogP contribution >= 0.6 is 23.2 Å². The van der Waals surface area contributed by atoms with E-state index in [2.05, 4.69) is 24.1 Å². The topological polar surface area (TPSA) is 32.3 Å². The molecule has 0 saturated carbocycles. The zero-order valence-corrected chi connectivity index (χ0v) is 13.3. The molecule has 1 heterocycles. The van der Waals surface area contributed by atoms with Crippen LogP contribution in [0.1, 0.15) is 20.3 Å². The number of carbonyl (C=O) groups excluding carboxylic acids is 1. The lowest BCUT2D eigenvalue weighted by Crippen LogP contribution is -2.42. The number of anilines is 1. The Kier molecular flexibility index (Phi) is 5.30. The third-order valence-electron chi connectivity index (χ3n) is 3.54. The third kappa shape index (κ3) is 4.11. The first-order valence-electron chi connectivity index (χ1n) is 6.92. The number of nitrogens with one attached hydrogen (secondary N) is 1. The van der Waals surface area contributed by atoms with Gasteiger partial charge < -0.3 is 5.32 Å². The summed E-state index contributed by atoms with van der Waals surface area (Å²) in [4.78, 5) is 14.3. The minimum absolute atomic E-state index is 0.0682. The third-order valence-corrected chi connectivity index (χ3v) is 4.17. The summed E-state index contributed by atoms with van der Waals surface area (Å²) in [6.07, 6.45) is 1.23. The second kappa shape index (κ2) is 6.79. The first-order valence-corrected chi connectivity index (χ1v) is 7.67. The van der Waals surface area contributed by atoms with Gasteiger partial charge in [-0.05, 0) is 30.4 Å². The Balaban J connectivity index is 1.95. The second-order valence-electron chi connectivity index (χ2n) is 5.78. The average molecular weight is 315 g/mol. The lowest BCUT2D eigenvalue weighted by atomic mass is 9.92. The van der Waals surface area contributed by atoms with Gasteiger partial charge in [0, 0.05) is 13.1 Å². The molecule has 0 aromatic heterocycles. The van der Waals surface area contributed by atoms with Crippen LogP contribution in [0.15, 0.2) is 18.2 Å². The standard InChI is InChI=1S/C15H20Cl2N2O/c1-10-6-11(2)8-19(7-10)9-14(20)18-15-12(16)4-3-5-13(15)17/h3-5,10-11H,6-9H2,1-2H3,(H,18,20)/t10-,11-/m1/s1. The Morgan fingerprint density at radius 3 is 2.35 bits per heavy atom. The monoisotopic (exact) mass is 314 g/mol. The van der Waals surface area contributed by atoms with Gasteiger partial charge in [0.05, 0.1) is 22.3 Å². The normalized spacial score (nSPS) is 23.6. The fourth-order valence-corrected chi connectivity index (χ4v) is 3.41. The summed E-state index contributed by atoms with van der Waals surface area (Å²) in [6, 6.07) is 5.19. The molecular formula is C15H20Cl2N2O. The summed E-state index contributed by atoms with van der Waals surface area (Å²) in [5.74, 6) is 1.20. The predicted octanol–water partition coefficient (Wildman–Crippen LogP) is 3.91. The number of piperidine rings is 1. The van der Waals surface area contributed by atoms with Crippen molar-refractivity contribution in [1.82, 2.24) is 4.90 Å². The number of hydrogen-bond acceptors (Lipinski definition) is 2. The largest absolute Gasteiger partial charge is 0.322 e. The van der Waals surface area contributed by atoms with Crippen LogP contribution in [0.4, 0.5) is 5.69 Å². The number of likely N-dealkylation sites (tertiary alicyclic amines) is 1. The Morgan fingerprint density at radius 1 is 1.25 bits per heavy atom. The molecule has 1 amide bonds. The van der Waals surface area contributed by atoms with Crippen LogP contribution < -0.4 is 5.32 Å². The smallest absolute Gasteiger partial charge is 0.238 e. The Labute approximate surface area is 130 Å². The Hall–Kier alpha value is -0.770. The van der Waals surface area contributed by atoms with Crippen molar-refractivity contribution in [3.63, 3.8) is 0 Å². The highest BCUT2D eigenvalue weighted by Crippen LogP contribution is 2.29. The quantitative estimate of drug-likeness (QED) is 0.917. The number of rotatable bonds is 3. The molecule has 110 valence electrons. The Morgan fingerprint density at radius 2 is 1.80 bits per heavy atom. The van der Waals surface area contributed by atoms with Crippen molar-refractivity contribution in [2.24, 2.45) is 11.8 Å². The first-order chi connectivity index (χ1) is 9.45. The van der Waals surface area contributed by atoms with Crippen LogP contribution in [0.2, 0.25) is 10.0 Å². The molecule has 1 N–H and O–H groups in total. The maximum absolute atomic E-state index is 12.1. The van der Waals surface area contributed by atoms with E-state index in [0.717, 1.165) is 13.1 Å². The average Bonchev–Trinajstić information content (AvgIpc) is 2.32. The molecule has 1 saturated heterocycles. The molecule has 0 unspecified atom stereocenters. The van der Waals surface area contributed by atoms with E-state index in [-0.39, 0.29) is 5.91 Å². The summed E-state index contributed by atoms with van der Waals surface area (Å²) >= 11 is 12.1. The predicted molar refractivity (Wildman–Crippen MR) is 84.5 cm³/mol. The minimum Gasteiger partial charge on any atom is -0.322 e. The zero-order valence-electron chi connectivity index (χ0n) is 11.8. The fourth-order valence-electron chi connectivity index (χ4n) is 2.92. The van der Waals surface area contributed by atoms with Gasteiger partial charge in [-0.3, -0.25) is 9.69 Å². The maximum atomic E-state index is 12.1. The van der Waals surface area contributed by atoms with E-state index in [9.17, 15) is 4.79 Å². The molecule has 1 aliphatic rings. The van der Waals surface area contributed by atoms with Gasteiger partial charge in [0.1, 0.15) is 0 Å². The summed E-state index contributed by atoms with van der Waals surface area (Å²) in [5.41, 5.74) is 0.499. The van der Waals surface area contributed by atoms with Crippen LogP contribution in [0.3, 0.4) is 0 Å². The van der Waals surface area contributed by atoms with Gasteiger partial charge in [-0.15, -0.1) is 0 Å². The molecule has 5 heteroatoms.